The van der Waals surface area contributed by atoms with Gasteiger partial charge in [0.05, 0.1) is 7.11 Å². The van der Waals surface area contributed by atoms with E-state index in [2.05, 4.69) is 15.3 Å². The molecule has 1 aromatic rings. The van der Waals surface area contributed by atoms with Crippen LogP contribution in [0.5, 0.6) is 0 Å². The van der Waals surface area contributed by atoms with Gasteiger partial charge in [0.2, 0.25) is 0 Å². The summed E-state index contributed by atoms with van der Waals surface area (Å²) in [5, 5.41) is 3.60. The van der Waals surface area contributed by atoms with Gasteiger partial charge in [0.25, 0.3) is 5.56 Å². The number of rotatable bonds is 7. The number of thioether (sulfide) groups is 1. The molecule has 1 rings (SSSR count). The van der Waals surface area contributed by atoms with Gasteiger partial charge in [-0.1, -0.05) is 11.8 Å². The normalized spacial score (nSPS) is 13.8. The van der Waals surface area contributed by atoms with Crippen LogP contribution in [0.3, 0.4) is 0 Å². The highest BCUT2D eigenvalue weighted by atomic mass is 32.2. The first-order valence-electron chi connectivity index (χ1n) is 6.39. The van der Waals surface area contributed by atoms with E-state index >= 15 is 0 Å². The summed E-state index contributed by atoms with van der Waals surface area (Å²) in [5.41, 5.74) is -0.122. The topological polar surface area (TPSA) is 84.1 Å². The molecule has 0 aliphatic heterocycles. The molecule has 6 nitrogen and oxygen atoms in total. The van der Waals surface area contributed by atoms with Crippen LogP contribution < -0.4 is 10.9 Å². The van der Waals surface area contributed by atoms with E-state index in [0.29, 0.717) is 17.3 Å². The summed E-state index contributed by atoms with van der Waals surface area (Å²) in [7, 11) is 3.12. The standard InChI is InChI=1S/C13H21N3O3S/c1-9-8-10(17)16-12(15-9)20-7-5-6-13(2,14-3)11(18)19-4/h8,14H,5-7H2,1-4H3,(H,15,16,17). The Kier molecular flexibility index (Phi) is 6.22. The second-order valence-corrected chi connectivity index (χ2v) is 5.80. The second-order valence-electron chi connectivity index (χ2n) is 4.72. The highest BCUT2D eigenvalue weighted by molar-refractivity contribution is 7.99. The zero-order chi connectivity index (χ0) is 15.2. The summed E-state index contributed by atoms with van der Waals surface area (Å²) in [6.07, 6.45) is 1.45. The van der Waals surface area contributed by atoms with Gasteiger partial charge in [-0.3, -0.25) is 9.59 Å². The van der Waals surface area contributed by atoms with Gasteiger partial charge in [0.1, 0.15) is 5.54 Å². The second kappa shape index (κ2) is 7.44. The molecule has 0 bridgehead atoms. The van der Waals surface area contributed by atoms with Crippen LogP contribution in [-0.2, 0) is 9.53 Å². The SMILES string of the molecule is CNC(C)(CCCSc1nc(C)cc(=O)[nH]1)C(=O)OC. The molecule has 0 spiro atoms. The van der Waals surface area contributed by atoms with Crippen molar-refractivity contribution in [3.63, 3.8) is 0 Å². The van der Waals surface area contributed by atoms with Gasteiger partial charge in [-0.15, -0.1) is 0 Å². The van der Waals surface area contributed by atoms with Crippen molar-refractivity contribution in [1.82, 2.24) is 15.3 Å². The molecule has 0 radical (unpaired) electrons. The quantitative estimate of drug-likeness (QED) is 0.339. The Hall–Kier alpha value is -1.34. The maximum Gasteiger partial charge on any atom is 0.325 e. The van der Waals surface area contributed by atoms with Crippen molar-refractivity contribution in [3.05, 3.63) is 22.1 Å². The maximum atomic E-state index is 11.7. The number of likely N-dealkylation sites (N-methyl/N-ethyl adjacent to an activating group) is 1. The third-order valence-corrected chi connectivity index (χ3v) is 4.06. The molecular formula is C13H21N3O3S. The fraction of sp³-hybridized carbons (Fsp3) is 0.615. The van der Waals surface area contributed by atoms with Crippen LogP contribution in [0.15, 0.2) is 16.0 Å². The first-order valence-corrected chi connectivity index (χ1v) is 7.38. The number of carbonyl (C=O) groups excluding carboxylic acids is 1. The number of methoxy groups -OCH3 is 1. The Balaban J connectivity index is 2.48. The summed E-state index contributed by atoms with van der Waals surface area (Å²) in [4.78, 5) is 29.9. The van der Waals surface area contributed by atoms with Crippen LogP contribution in [0, 0.1) is 6.92 Å². The Morgan fingerprint density at radius 1 is 1.60 bits per heavy atom. The molecule has 20 heavy (non-hydrogen) atoms. The number of ether oxygens (including phenoxy) is 1. The van der Waals surface area contributed by atoms with Crippen molar-refractivity contribution in [2.24, 2.45) is 0 Å². The first kappa shape index (κ1) is 16.7. The van der Waals surface area contributed by atoms with Crippen LogP contribution in [0.4, 0.5) is 0 Å². The van der Waals surface area contributed by atoms with Crippen molar-refractivity contribution in [3.8, 4) is 0 Å². The number of nitrogens with one attached hydrogen (secondary N) is 2. The van der Waals surface area contributed by atoms with E-state index < -0.39 is 5.54 Å². The molecule has 0 aliphatic rings. The molecule has 1 heterocycles. The average molecular weight is 299 g/mol. The molecule has 1 atom stereocenters. The third-order valence-electron chi connectivity index (χ3n) is 3.10. The predicted octanol–water partition coefficient (Wildman–Crippen LogP) is 1.10. The number of hydrogen-bond donors (Lipinski definition) is 2. The molecule has 0 saturated heterocycles. The predicted molar refractivity (Wildman–Crippen MR) is 79.0 cm³/mol. The van der Waals surface area contributed by atoms with Crippen LogP contribution in [-0.4, -0.2) is 41.4 Å². The van der Waals surface area contributed by atoms with E-state index in [4.69, 9.17) is 4.74 Å². The lowest BCUT2D eigenvalue weighted by atomic mass is 9.97. The smallest absolute Gasteiger partial charge is 0.325 e. The fourth-order valence-electron chi connectivity index (χ4n) is 1.77. The lowest BCUT2D eigenvalue weighted by Crippen LogP contribution is -2.48. The minimum Gasteiger partial charge on any atom is -0.468 e. The Morgan fingerprint density at radius 2 is 2.30 bits per heavy atom. The molecular weight excluding hydrogens is 278 g/mol. The zero-order valence-corrected chi connectivity index (χ0v) is 13.1. The Labute approximate surface area is 122 Å². The van der Waals surface area contributed by atoms with Crippen LogP contribution in [0.25, 0.3) is 0 Å². The molecule has 1 unspecified atom stereocenters. The minimum absolute atomic E-state index is 0.144. The van der Waals surface area contributed by atoms with Crippen molar-refractivity contribution >= 4 is 17.7 Å². The molecule has 7 heteroatoms. The number of aromatic amines is 1. The van der Waals surface area contributed by atoms with Gasteiger partial charge >= 0.3 is 5.97 Å². The number of aromatic nitrogens is 2. The van der Waals surface area contributed by atoms with Crippen molar-refractivity contribution in [2.45, 2.75) is 37.4 Å². The number of carbonyl (C=O) groups is 1. The summed E-state index contributed by atoms with van der Waals surface area (Å²) in [6.45, 7) is 3.60. The van der Waals surface area contributed by atoms with Gasteiger partial charge in [-0.05, 0) is 33.7 Å². The number of hydrogen-bond acceptors (Lipinski definition) is 6. The Bertz CT molecular complexity index is 518. The average Bonchev–Trinajstić information content (AvgIpc) is 2.41. The summed E-state index contributed by atoms with van der Waals surface area (Å²) < 4.78 is 4.78. The molecule has 2 N–H and O–H groups in total. The van der Waals surface area contributed by atoms with E-state index in [0.717, 1.165) is 12.2 Å². The summed E-state index contributed by atoms with van der Waals surface area (Å²) in [5.74, 6) is 0.493. The van der Waals surface area contributed by atoms with E-state index in [-0.39, 0.29) is 11.5 Å². The molecule has 1 aromatic heterocycles. The third kappa shape index (κ3) is 4.64. The Morgan fingerprint density at radius 3 is 2.85 bits per heavy atom. The van der Waals surface area contributed by atoms with Gasteiger partial charge in [0, 0.05) is 17.5 Å². The number of nitrogens with zero attached hydrogens (tertiary/aromatic N) is 1. The van der Waals surface area contributed by atoms with E-state index in [1.54, 1.807) is 14.0 Å². The van der Waals surface area contributed by atoms with Crippen molar-refractivity contribution < 1.29 is 9.53 Å². The highest BCUT2D eigenvalue weighted by Gasteiger charge is 2.31. The minimum atomic E-state index is -0.678. The maximum absolute atomic E-state index is 11.7. The highest BCUT2D eigenvalue weighted by Crippen LogP contribution is 2.19. The fourth-order valence-corrected chi connectivity index (χ4v) is 2.63. The molecule has 112 valence electrons. The van der Waals surface area contributed by atoms with Crippen LogP contribution in [0.1, 0.15) is 25.5 Å². The van der Waals surface area contributed by atoms with Crippen LogP contribution >= 0.6 is 11.8 Å². The number of H-pyrrole nitrogens is 1. The lowest BCUT2D eigenvalue weighted by Gasteiger charge is -2.25. The number of aryl methyl sites for hydroxylation is 1. The van der Waals surface area contributed by atoms with Gasteiger partial charge in [-0.2, -0.15) is 0 Å². The van der Waals surface area contributed by atoms with Gasteiger partial charge in [0.15, 0.2) is 5.16 Å². The van der Waals surface area contributed by atoms with E-state index in [9.17, 15) is 9.59 Å². The monoisotopic (exact) mass is 299 g/mol. The lowest BCUT2D eigenvalue weighted by molar-refractivity contribution is -0.148. The first-order chi connectivity index (χ1) is 9.41. The van der Waals surface area contributed by atoms with Gasteiger partial charge in [-0.25, -0.2) is 4.98 Å². The largest absolute Gasteiger partial charge is 0.468 e. The van der Waals surface area contributed by atoms with E-state index in [1.807, 2.05) is 6.92 Å². The summed E-state index contributed by atoms with van der Waals surface area (Å²) >= 11 is 1.47. The molecule has 0 amide bonds. The molecule has 0 aliphatic carbocycles. The van der Waals surface area contributed by atoms with Crippen LogP contribution in [0.2, 0.25) is 0 Å². The van der Waals surface area contributed by atoms with Gasteiger partial charge < -0.3 is 15.0 Å². The number of esters is 1. The van der Waals surface area contributed by atoms with Crippen molar-refractivity contribution in [2.75, 3.05) is 19.9 Å². The van der Waals surface area contributed by atoms with Crippen molar-refractivity contribution in [1.29, 1.82) is 0 Å². The molecule has 0 aromatic carbocycles. The molecule has 0 fully saturated rings. The molecule has 0 saturated carbocycles. The zero-order valence-electron chi connectivity index (χ0n) is 12.3. The summed E-state index contributed by atoms with van der Waals surface area (Å²) in [6, 6.07) is 1.46. The van der Waals surface area contributed by atoms with E-state index in [1.165, 1.54) is 24.9 Å².